The Kier molecular flexibility index (Phi) is 5.82. The summed E-state index contributed by atoms with van der Waals surface area (Å²) >= 11 is 6.22. The number of halogens is 1. The SMILES string of the molecule is O=C(SCc1nc2sc3c(c2c(=O)n1Cc1ccccc1)CCC3)c1ccc(Br)cc1. The van der Waals surface area contributed by atoms with Crippen molar-refractivity contribution < 1.29 is 4.79 Å². The number of aryl methyl sites for hydroxylation is 2. The number of hydrogen-bond acceptors (Lipinski definition) is 5. The Morgan fingerprint density at radius 1 is 1.10 bits per heavy atom. The summed E-state index contributed by atoms with van der Waals surface area (Å²) < 4.78 is 2.69. The summed E-state index contributed by atoms with van der Waals surface area (Å²) in [6, 6.07) is 17.3. The maximum Gasteiger partial charge on any atom is 0.262 e. The second-order valence-corrected chi connectivity index (χ2v) is 10.5. The molecule has 0 spiro atoms. The second kappa shape index (κ2) is 8.73. The predicted molar refractivity (Wildman–Crippen MR) is 131 cm³/mol. The fourth-order valence-corrected chi connectivity index (χ4v) is 6.28. The highest BCUT2D eigenvalue weighted by molar-refractivity contribution is 9.10. The third-order valence-electron chi connectivity index (χ3n) is 5.50. The minimum atomic E-state index is -0.0261. The Morgan fingerprint density at radius 3 is 2.65 bits per heavy atom. The van der Waals surface area contributed by atoms with Crippen molar-refractivity contribution >= 4 is 54.4 Å². The molecule has 2 aromatic carbocycles. The van der Waals surface area contributed by atoms with Gasteiger partial charge in [-0.2, -0.15) is 0 Å². The van der Waals surface area contributed by atoms with Crippen LogP contribution in [0.15, 0.2) is 63.9 Å². The normalized spacial score (nSPS) is 12.9. The van der Waals surface area contributed by atoms with Crippen molar-refractivity contribution in [1.82, 2.24) is 9.55 Å². The Morgan fingerprint density at radius 2 is 1.87 bits per heavy atom. The predicted octanol–water partition coefficient (Wildman–Crippen LogP) is 5.83. The van der Waals surface area contributed by atoms with Crippen LogP contribution in [0.25, 0.3) is 10.2 Å². The summed E-state index contributed by atoms with van der Waals surface area (Å²) in [5.74, 6) is 1.01. The highest BCUT2D eigenvalue weighted by Gasteiger charge is 2.23. The fraction of sp³-hybridized carbons (Fsp3) is 0.208. The van der Waals surface area contributed by atoms with Gasteiger partial charge in [-0.1, -0.05) is 58.0 Å². The third-order valence-corrected chi connectivity index (χ3v) is 8.11. The molecule has 0 bridgehead atoms. The second-order valence-electron chi connectivity index (χ2n) is 7.53. The first kappa shape index (κ1) is 20.7. The summed E-state index contributed by atoms with van der Waals surface area (Å²) in [5, 5.41) is 0.753. The van der Waals surface area contributed by atoms with Gasteiger partial charge in [0.15, 0.2) is 0 Å². The summed E-state index contributed by atoms with van der Waals surface area (Å²) in [7, 11) is 0. The number of carbonyl (C=O) groups is 1. The van der Waals surface area contributed by atoms with Gasteiger partial charge < -0.3 is 0 Å². The molecule has 2 heterocycles. The molecular weight excluding hydrogens is 492 g/mol. The third kappa shape index (κ3) is 4.14. The fourth-order valence-electron chi connectivity index (χ4n) is 3.96. The number of carbonyl (C=O) groups excluding carboxylic acids is 1. The van der Waals surface area contributed by atoms with Crippen molar-refractivity contribution in [3.05, 3.63) is 96.8 Å². The summed E-state index contributed by atoms with van der Waals surface area (Å²) in [4.78, 5) is 33.2. The molecule has 0 fully saturated rings. The summed E-state index contributed by atoms with van der Waals surface area (Å²) in [6.45, 7) is 0.454. The molecule has 1 aliphatic rings. The molecule has 0 radical (unpaired) electrons. The topological polar surface area (TPSA) is 52.0 Å². The van der Waals surface area contributed by atoms with Crippen LogP contribution in [0.1, 0.15) is 38.6 Å². The molecule has 0 aliphatic heterocycles. The van der Waals surface area contributed by atoms with E-state index in [9.17, 15) is 9.59 Å². The van der Waals surface area contributed by atoms with Crippen LogP contribution < -0.4 is 5.56 Å². The number of aromatic nitrogens is 2. The zero-order valence-electron chi connectivity index (χ0n) is 16.6. The molecule has 4 aromatic rings. The van der Waals surface area contributed by atoms with Crippen LogP contribution >= 0.6 is 39.0 Å². The summed E-state index contributed by atoms with van der Waals surface area (Å²) in [5.41, 5.74) is 2.88. The molecule has 0 unspecified atom stereocenters. The van der Waals surface area contributed by atoms with Gasteiger partial charge in [0, 0.05) is 14.9 Å². The Labute approximate surface area is 196 Å². The maximum absolute atomic E-state index is 13.6. The minimum absolute atomic E-state index is 0.0138. The van der Waals surface area contributed by atoms with E-state index < -0.39 is 0 Å². The number of rotatable bonds is 5. The molecule has 0 saturated carbocycles. The van der Waals surface area contributed by atoms with Gasteiger partial charge in [-0.15, -0.1) is 11.3 Å². The number of thioether (sulfide) groups is 1. The number of thiophene rings is 1. The van der Waals surface area contributed by atoms with E-state index in [0.29, 0.717) is 23.7 Å². The molecule has 7 heteroatoms. The molecule has 2 aromatic heterocycles. The first-order valence-corrected chi connectivity index (χ1v) is 12.7. The van der Waals surface area contributed by atoms with Crippen LogP contribution in [-0.4, -0.2) is 14.7 Å². The van der Waals surface area contributed by atoms with Crippen LogP contribution in [-0.2, 0) is 25.1 Å². The lowest BCUT2D eigenvalue weighted by Crippen LogP contribution is -2.26. The van der Waals surface area contributed by atoms with Crippen molar-refractivity contribution in [2.45, 2.75) is 31.6 Å². The van der Waals surface area contributed by atoms with Crippen LogP contribution in [0.4, 0.5) is 0 Å². The molecule has 156 valence electrons. The van der Waals surface area contributed by atoms with Crippen LogP contribution in [0.2, 0.25) is 0 Å². The Bertz CT molecular complexity index is 1330. The number of hydrogen-bond donors (Lipinski definition) is 0. The van der Waals surface area contributed by atoms with Gasteiger partial charge in [0.05, 0.1) is 17.7 Å². The van der Waals surface area contributed by atoms with Crippen LogP contribution in [0.5, 0.6) is 0 Å². The van der Waals surface area contributed by atoms with E-state index in [2.05, 4.69) is 15.9 Å². The van der Waals surface area contributed by atoms with Gasteiger partial charge in [-0.3, -0.25) is 14.2 Å². The molecule has 1 aliphatic carbocycles. The van der Waals surface area contributed by atoms with E-state index in [4.69, 9.17) is 4.98 Å². The molecule has 0 atom stereocenters. The van der Waals surface area contributed by atoms with E-state index >= 15 is 0 Å². The number of benzene rings is 2. The van der Waals surface area contributed by atoms with Crippen LogP contribution in [0, 0.1) is 0 Å². The van der Waals surface area contributed by atoms with E-state index in [1.807, 2.05) is 42.5 Å². The van der Waals surface area contributed by atoms with E-state index in [1.54, 1.807) is 28.0 Å². The van der Waals surface area contributed by atoms with Crippen molar-refractivity contribution in [2.75, 3.05) is 0 Å². The van der Waals surface area contributed by atoms with Gasteiger partial charge in [0.1, 0.15) is 10.7 Å². The zero-order valence-corrected chi connectivity index (χ0v) is 19.9. The largest absolute Gasteiger partial charge is 0.291 e. The monoisotopic (exact) mass is 510 g/mol. The molecule has 0 saturated heterocycles. The lowest BCUT2D eigenvalue weighted by molar-refractivity contribution is 0.108. The van der Waals surface area contributed by atoms with Gasteiger partial charge in [0.2, 0.25) is 5.12 Å². The van der Waals surface area contributed by atoms with Crippen molar-refractivity contribution in [3.8, 4) is 0 Å². The first-order valence-electron chi connectivity index (χ1n) is 10.1. The van der Waals surface area contributed by atoms with Gasteiger partial charge >= 0.3 is 0 Å². The quantitative estimate of drug-likeness (QED) is 0.338. The molecule has 0 N–H and O–H groups in total. The lowest BCUT2D eigenvalue weighted by Gasteiger charge is -2.13. The number of nitrogens with zero attached hydrogens (tertiary/aromatic N) is 2. The zero-order chi connectivity index (χ0) is 21.4. The van der Waals surface area contributed by atoms with Crippen molar-refractivity contribution in [2.24, 2.45) is 0 Å². The highest BCUT2D eigenvalue weighted by Crippen LogP contribution is 2.35. The summed E-state index contributed by atoms with van der Waals surface area (Å²) in [6.07, 6.45) is 3.09. The lowest BCUT2D eigenvalue weighted by atomic mass is 10.2. The molecular formula is C24H19BrN2O2S2. The van der Waals surface area contributed by atoms with E-state index in [0.717, 1.165) is 39.5 Å². The van der Waals surface area contributed by atoms with E-state index in [1.165, 1.54) is 22.2 Å². The highest BCUT2D eigenvalue weighted by atomic mass is 79.9. The van der Waals surface area contributed by atoms with Crippen molar-refractivity contribution in [1.29, 1.82) is 0 Å². The molecule has 31 heavy (non-hydrogen) atoms. The van der Waals surface area contributed by atoms with Crippen LogP contribution in [0.3, 0.4) is 0 Å². The smallest absolute Gasteiger partial charge is 0.262 e. The Hall–Kier alpha value is -2.22. The Balaban J connectivity index is 1.52. The first-order chi connectivity index (χ1) is 15.1. The maximum atomic E-state index is 13.6. The van der Waals surface area contributed by atoms with Gasteiger partial charge in [-0.25, -0.2) is 4.98 Å². The average molecular weight is 511 g/mol. The standard InChI is InChI=1S/C24H19BrN2O2S2/c25-17-11-9-16(10-12-17)24(29)30-14-20-26-22-21(18-7-4-8-19(18)31-22)23(28)27(20)13-15-5-2-1-3-6-15/h1-3,5-6,9-12H,4,7-8,13-14H2. The molecule has 0 amide bonds. The van der Waals surface area contributed by atoms with Crippen molar-refractivity contribution in [3.63, 3.8) is 0 Å². The number of fused-ring (bicyclic) bond motifs is 3. The molecule has 5 rings (SSSR count). The minimum Gasteiger partial charge on any atom is -0.291 e. The van der Waals surface area contributed by atoms with Gasteiger partial charge in [0.25, 0.3) is 5.56 Å². The average Bonchev–Trinajstić information content (AvgIpc) is 3.36. The van der Waals surface area contributed by atoms with E-state index in [-0.39, 0.29) is 10.7 Å². The van der Waals surface area contributed by atoms with Gasteiger partial charge in [-0.05, 0) is 54.7 Å². The molecule has 4 nitrogen and oxygen atoms in total.